The fourth-order valence-corrected chi connectivity index (χ4v) is 1.83. The summed E-state index contributed by atoms with van der Waals surface area (Å²) >= 11 is 10.3. The van der Waals surface area contributed by atoms with Crippen molar-refractivity contribution in [1.82, 2.24) is 0 Å². The molecule has 0 fully saturated rings. The number of rotatable bonds is 1. The van der Waals surface area contributed by atoms with Crippen molar-refractivity contribution in [3.63, 3.8) is 0 Å². The maximum atomic E-state index is 5.95. The average molecular weight is 235 g/mol. The summed E-state index contributed by atoms with van der Waals surface area (Å²) in [5, 5.41) is 0.764. The van der Waals surface area contributed by atoms with Crippen LogP contribution in [0, 0.1) is 6.92 Å². The second-order valence-electron chi connectivity index (χ2n) is 3.51. The van der Waals surface area contributed by atoms with E-state index in [0.29, 0.717) is 0 Å². The number of hydrogen-bond acceptors (Lipinski definition) is 1. The minimum Gasteiger partial charge on any atom is -0.143 e. The zero-order valence-electron chi connectivity index (χ0n) is 8.37. The highest BCUT2D eigenvalue weighted by Gasteiger charge is 2.00. The van der Waals surface area contributed by atoms with Crippen LogP contribution in [0.3, 0.4) is 0 Å². The topological polar surface area (TPSA) is 0 Å². The van der Waals surface area contributed by atoms with Crippen LogP contribution < -0.4 is 0 Å². The molecule has 0 heterocycles. The molecule has 0 bridgehead atoms. The lowest BCUT2D eigenvalue weighted by Crippen LogP contribution is -1.81. The molecular weight excluding hydrogens is 224 g/mol. The first-order chi connectivity index (χ1) is 7.16. The zero-order chi connectivity index (χ0) is 10.8. The van der Waals surface area contributed by atoms with E-state index in [1.54, 1.807) is 0 Å². The first-order valence-electron chi connectivity index (χ1n) is 4.72. The highest BCUT2D eigenvalue weighted by molar-refractivity contribution is 7.80. The van der Waals surface area contributed by atoms with E-state index in [2.05, 4.69) is 37.8 Å². The lowest BCUT2D eigenvalue weighted by Gasteiger charge is -2.05. The Balaban J connectivity index is 2.50. The largest absolute Gasteiger partial charge is 0.143 e. The fourth-order valence-electron chi connectivity index (χ4n) is 1.50. The quantitative estimate of drug-likeness (QED) is 0.685. The maximum Gasteiger partial charge on any atom is 0.0412 e. The molecule has 2 aromatic rings. The molecule has 0 aromatic heterocycles. The van der Waals surface area contributed by atoms with Gasteiger partial charge in [-0.1, -0.05) is 35.9 Å². The van der Waals surface area contributed by atoms with Crippen LogP contribution in [0.5, 0.6) is 0 Å². The molecule has 0 aliphatic carbocycles. The van der Waals surface area contributed by atoms with E-state index in [-0.39, 0.29) is 0 Å². The molecule has 0 radical (unpaired) electrons. The molecule has 0 aliphatic heterocycles. The van der Waals surface area contributed by atoms with Gasteiger partial charge < -0.3 is 0 Å². The summed E-state index contributed by atoms with van der Waals surface area (Å²) in [7, 11) is 0. The second-order valence-corrected chi connectivity index (χ2v) is 4.43. The van der Waals surface area contributed by atoms with Crippen LogP contribution in [-0.2, 0) is 0 Å². The van der Waals surface area contributed by atoms with E-state index in [4.69, 9.17) is 11.6 Å². The Kier molecular flexibility index (Phi) is 3.03. The van der Waals surface area contributed by atoms with Crippen LogP contribution in [0.15, 0.2) is 47.4 Å². The van der Waals surface area contributed by atoms with Crippen LogP contribution in [0.25, 0.3) is 11.1 Å². The summed E-state index contributed by atoms with van der Waals surface area (Å²) < 4.78 is 0. The molecule has 2 aromatic carbocycles. The van der Waals surface area contributed by atoms with Gasteiger partial charge >= 0.3 is 0 Å². The van der Waals surface area contributed by atoms with E-state index < -0.39 is 0 Å². The SMILES string of the molecule is Cc1cc(-c2cccc(Cl)c2)ccc1S. The monoisotopic (exact) mass is 234 g/mol. The van der Waals surface area contributed by atoms with Gasteiger partial charge in [0.25, 0.3) is 0 Å². The maximum absolute atomic E-state index is 5.95. The first kappa shape index (κ1) is 10.6. The van der Waals surface area contributed by atoms with Crippen molar-refractivity contribution in [2.24, 2.45) is 0 Å². The van der Waals surface area contributed by atoms with Crippen molar-refractivity contribution in [1.29, 1.82) is 0 Å². The lowest BCUT2D eigenvalue weighted by atomic mass is 10.0. The number of aryl methyl sites for hydroxylation is 1. The Hall–Kier alpha value is -0.920. The number of thiol groups is 1. The molecular formula is C13H11ClS. The van der Waals surface area contributed by atoms with Gasteiger partial charge in [-0.15, -0.1) is 12.6 Å². The van der Waals surface area contributed by atoms with Gasteiger partial charge in [-0.05, 0) is 41.8 Å². The highest BCUT2D eigenvalue weighted by Crippen LogP contribution is 2.25. The van der Waals surface area contributed by atoms with Gasteiger partial charge in [0.05, 0.1) is 0 Å². The van der Waals surface area contributed by atoms with E-state index in [9.17, 15) is 0 Å². The molecule has 2 heteroatoms. The fraction of sp³-hybridized carbons (Fsp3) is 0.0769. The molecule has 0 saturated carbocycles. The van der Waals surface area contributed by atoms with Gasteiger partial charge in [0.15, 0.2) is 0 Å². The van der Waals surface area contributed by atoms with Gasteiger partial charge in [0.1, 0.15) is 0 Å². The molecule has 2 rings (SSSR count). The van der Waals surface area contributed by atoms with Gasteiger partial charge in [0.2, 0.25) is 0 Å². The zero-order valence-corrected chi connectivity index (χ0v) is 10.0. The summed E-state index contributed by atoms with van der Waals surface area (Å²) in [6.07, 6.45) is 0. The van der Waals surface area contributed by atoms with Gasteiger partial charge in [-0.25, -0.2) is 0 Å². The van der Waals surface area contributed by atoms with Crippen molar-refractivity contribution in [3.05, 3.63) is 53.1 Å². The third kappa shape index (κ3) is 2.36. The normalized spacial score (nSPS) is 10.3. The van der Waals surface area contributed by atoms with Gasteiger partial charge in [-0.3, -0.25) is 0 Å². The molecule has 15 heavy (non-hydrogen) atoms. The first-order valence-corrected chi connectivity index (χ1v) is 5.55. The van der Waals surface area contributed by atoms with Crippen molar-refractivity contribution in [3.8, 4) is 11.1 Å². The van der Waals surface area contributed by atoms with Crippen molar-refractivity contribution >= 4 is 24.2 Å². The summed E-state index contributed by atoms with van der Waals surface area (Å²) in [6, 6.07) is 14.0. The second kappa shape index (κ2) is 4.30. The molecule has 0 atom stereocenters. The predicted octanol–water partition coefficient (Wildman–Crippen LogP) is 4.60. The predicted molar refractivity (Wildman–Crippen MR) is 68.9 cm³/mol. The van der Waals surface area contributed by atoms with Crippen molar-refractivity contribution in [2.45, 2.75) is 11.8 Å². The van der Waals surface area contributed by atoms with Crippen molar-refractivity contribution < 1.29 is 0 Å². The molecule has 0 nitrogen and oxygen atoms in total. The standard InChI is InChI=1S/C13H11ClS/c1-9-7-11(5-6-13(9)15)10-3-2-4-12(14)8-10/h2-8,15H,1H3. The summed E-state index contributed by atoms with van der Waals surface area (Å²) in [5.41, 5.74) is 3.49. The molecule has 0 amide bonds. The average Bonchev–Trinajstić information content (AvgIpc) is 2.22. The minimum atomic E-state index is 0.764. The summed E-state index contributed by atoms with van der Waals surface area (Å²) in [6.45, 7) is 2.05. The Bertz CT molecular complexity index is 492. The molecule has 0 saturated heterocycles. The number of benzene rings is 2. The van der Waals surface area contributed by atoms with Crippen LogP contribution in [0.1, 0.15) is 5.56 Å². The molecule has 0 aliphatic rings. The van der Waals surface area contributed by atoms with Crippen LogP contribution in [-0.4, -0.2) is 0 Å². The Morgan fingerprint density at radius 2 is 1.73 bits per heavy atom. The van der Waals surface area contributed by atoms with E-state index >= 15 is 0 Å². The Morgan fingerprint density at radius 1 is 1.00 bits per heavy atom. The van der Waals surface area contributed by atoms with Crippen LogP contribution in [0.4, 0.5) is 0 Å². The summed E-state index contributed by atoms with van der Waals surface area (Å²) in [4.78, 5) is 1.01. The van der Waals surface area contributed by atoms with E-state index in [1.165, 1.54) is 11.1 Å². The van der Waals surface area contributed by atoms with Crippen LogP contribution in [0.2, 0.25) is 5.02 Å². The smallest absolute Gasteiger partial charge is 0.0412 e. The Morgan fingerprint density at radius 3 is 2.40 bits per heavy atom. The highest BCUT2D eigenvalue weighted by atomic mass is 35.5. The van der Waals surface area contributed by atoms with Gasteiger partial charge in [-0.2, -0.15) is 0 Å². The molecule has 76 valence electrons. The van der Waals surface area contributed by atoms with E-state index in [0.717, 1.165) is 15.5 Å². The lowest BCUT2D eigenvalue weighted by molar-refractivity contribution is 1.31. The minimum absolute atomic E-state index is 0.764. The van der Waals surface area contributed by atoms with Gasteiger partial charge in [0, 0.05) is 9.92 Å². The molecule has 0 spiro atoms. The molecule has 0 unspecified atom stereocenters. The summed E-state index contributed by atoms with van der Waals surface area (Å²) in [5.74, 6) is 0. The third-order valence-electron chi connectivity index (χ3n) is 2.35. The number of hydrogen-bond donors (Lipinski definition) is 1. The van der Waals surface area contributed by atoms with Crippen LogP contribution >= 0.6 is 24.2 Å². The number of halogens is 1. The van der Waals surface area contributed by atoms with E-state index in [1.807, 2.05) is 24.3 Å². The molecule has 0 N–H and O–H groups in total. The van der Waals surface area contributed by atoms with Crippen molar-refractivity contribution in [2.75, 3.05) is 0 Å². The Labute approximate surface area is 100 Å². The third-order valence-corrected chi connectivity index (χ3v) is 3.09.